The van der Waals surface area contributed by atoms with E-state index in [4.69, 9.17) is 10.8 Å². The zero-order valence-electron chi connectivity index (χ0n) is 10.1. The highest BCUT2D eigenvalue weighted by atomic mass is 16.3. The fourth-order valence-corrected chi connectivity index (χ4v) is 2.57. The van der Waals surface area contributed by atoms with Crippen LogP contribution in [0.2, 0.25) is 0 Å². The largest absolute Gasteiger partial charge is 0.395 e. The lowest BCUT2D eigenvalue weighted by atomic mass is 10.0. The van der Waals surface area contributed by atoms with Crippen LogP contribution in [0.4, 0.5) is 5.95 Å². The molecule has 0 aliphatic carbocycles. The molecule has 8 nitrogen and oxygen atoms in total. The molecule has 1 saturated heterocycles. The van der Waals surface area contributed by atoms with E-state index in [1.54, 1.807) is 6.20 Å². The molecule has 2 aromatic heterocycles. The molecule has 0 spiro atoms. The first kappa shape index (κ1) is 12.2. The molecule has 0 radical (unpaired) electrons. The van der Waals surface area contributed by atoms with E-state index in [1.165, 1.54) is 0 Å². The van der Waals surface area contributed by atoms with E-state index in [-0.39, 0.29) is 30.2 Å². The Kier molecular flexibility index (Phi) is 2.77. The molecule has 3 heterocycles. The molecule has 1 aliphatic rings. The summed E-state index contributed by atoms with van der Waals surface area (Å²) in [6, 6.07) is -0.538. The van der Waals surface area contributed by atoms with Crippen LogP contribution in [0.25, 0.3) is 11.0 Å². The standard InChI is InChI=1S/C11H15N5O3/c12-11-15-8-5(2-13-9(8)10(19)16-11)7-6(18)1-4(3-17)14-7/h2,4,6-7,13-14,17-18H,1,3H2,(H3,12,15,16,19)/t4-,6+,7-/m0/s1. The Morgan fingerprint density at radius 2 is 2.32 bits per heavy atom. The number of H-pyrrole nitrogens is 2. The summed E-state index contributed by atoms with van der Waals surface area (Å²) in [5.41, 5.74) is 6.63. The van der Waals surface area contributed by atoms with Crippen LogP contribution in [-0.2, 0) is 0 Å². The number of hydrogen-bond acceptors (Lipinski definition) is 6. The van der Waals surface area contributed by atoms with Gasteiger partial charge < -0.3 is 26.2 Å². The summed E-state index contributed by atoms with van der Waals surface area (Å²) in [5.74, 6) is 0.0320. The van der Waals surface area contributed by atoms with Crippen LogP contribution in [0.15, 0.2) is 11.0 Å². The van der Waals surface area contributed by atoms with Crippen molar-refractivity contribution in [1.29, 1.82) is 0 Å². The smallest absolute Gasteiger partial charge is 0.276 e. The summed E-state index contributed by atoms with van der Waals surface area (Å²) in [6.07, 6.45) is 1.44. The number of fused-ring (bicyclic) bond motifs is 1. The topological polar surface area (TPSA) is 140 Å². The maximum absolute atomic E-state index is 11.7. The van der Waals surface area contributed by atoms with Crippen molar-refractivity contribution in [3.8, 4) is 0 Å². The lowest BCUT2D eigenvalue weighted by molar-refractivity contribution is 0.157. The zero-order chi connectivity index (χ0) is 13.6. The summed E-state index contributed by atoms with van der Waals surface area (Å²) in [4.78, 5) is 21.0. The second-order valence-electron chi connectivity index (χ2n) is 4.75. The van der Waals surface area contributed by atoms with Gasteiger partial charge in [0, 0.05) is 17.8 Å². The maximum atomic E-state index is 11.7. The van der Waals surface area contributed by atoms with Gasteiger partial charge >= 0.3 is 0 Å². The number of nitrogens with zero attached hydrogens (tertiary/aromatic N) is 1. The Morgan fingerprint density at radius 1 is 1.53 bits per heavy atom. The monoisotopic (exact) mass is 265 g/mol. The first-order valence-electron chi connectivity index (χ1n) is 6.02. The van der Waals surface area contributed by atoms with Gasteiger partial charge in [0.2, 0.25) is 5.95 Å². The van der Waals surface area contributed by atoms with Crippen LogP contribution in [0.1, 0.15) is 18.0 Å². The molecule has 3 rings (SSSR count). The SMILES string of the molecule is Nc1nc2c([C@@H]3N[C@H](CO)C[C@H]3O)c[nH]c2c(=O)[nH]1. The van der Waals surface area contributed by atoms with Crippen molar-refractivity contribution in [2.75, 3.05) is 12.3 Å². The minimum atomic E-state index is -0.640. The average molecular weight is 265 g/mol. The number of aromatic amines is 2. The second kappa shape index (κ2) is 4.34. The number of rotatable bonds is 2. The van der Waals surface area contributed by atoms with Gasteiger partial charge in [-0.15, -0.1) is 0 Å². The predicted octanol–water partition coefficient (Wildman–Crippen LogP) is -1.41. The molecule has 0 unspecified atom stereocenters. The van der Waals surface area contributed by atoms with Crippen molar-refractivity contribution in [3.63, 3.8) is 0 Å². The normalized spacial score (nSPS) is 27.2. The van der Waals surface area contributed by atoms with Gasteiger partial charge in [-0.3, -0.25) is 9.78 Å². The van der Waals surface area contributed by atoms with E-state index in [9.17, 15) is 9.90 Å². The van der Waals surface area contributed by atoms with E-state index in [2.05, 4.69) is 20.3 Å². The predicted molar refractivity (Wildman–Crippen MR) is 68.5 cm³/mol. The van der Waals surface area contributed by atoms with Gasteiger partial charge in [-0.2, -0.15) is 0 Å². The number of anilines is 1. The molecule has 1 fully saturated rings. The van der Waals surface area contributed by atoms with Crippen LogP contribution >= 0.6 is 0 Å². The van der Waals surface area contributed by atoms with Crippen LogP contribution < -0.4 is 16.6 Å². The van der Waals surface area contributed by atoms with Gasteiger partial charge in [-0.25, -0.2) is 4.98 Å². The van der Waals surface area contributed by atoms with Gasteiger partial charge in [-0.1, -0.05) is 0 Å². The van der Waals surface area contributed by atoms with Crippen molar-refractivity contribution in [2.45, 2.75) is 24.6 Å². The zero-order valence-corrected chi connectivity index (χ0v) is 10.1. The Hall–Kier alpha value is -1.90. The third-order valence-electron chi connectivity index (χ3n) is 3.46. The Bertz CT molecular complexity index is 664. The lowest BCUT2D eigenvalue weighted by Crippen LogP contribution is -2.28. The van der Waals surface area contributed by atoms with Crippen molar-refractivity contribution < 1.29 is 10.2 Å². The molecule has 8 heteroatoms. The van der Waals surface area contributed by atoms with Gasteiger partial charge in [0.05, 0.1) is 18.8 Å². The summed E-state index contributed by atoms with van der Waals surface area (Å²) in [7, 11) is 0. The Labute approximate surface area is 107 Å². The van der Waals surface area contributed by atoms with Crippen molar-refractivity contribution in [1.82, 2.24) is 20.3 Å². The molecule has 19 heavy (non-hydrogen) atoms. The van der Waals surface area contributed by atoms with E-state index < -0.39 is 6.10 Å². The molecule has 102 valence electrons. The van der Waals surface area contributed by atoms with Crippen LogP contribution in [0, 0.1) is 0 Å². The number of hydrogen-bond donors (Lipinski definition) is 6. The van der Waals surface area contributed by atoms with Gasteiger partial charge in [0.15, 0.2) is 0 Å². The first-order valence-corrected chi connectivity index (χ1v) is 6.02. The quantitative estimate of drug-likeness (QED) is 0.394. The highest BCUT2D eigenvalue weighted by Gasteiger charge is 2.34. The Balaban J connectivity index is 2.09. The number of aliphatic hydroxyl groups is 2. The molecule has 7 N–H and O–H groups in total. The minimum absolute atomic E-state index is 0.0320. The number of aliphatic hydroxyl groups excluding tert-OH is 2. The molecule has 3 atom stereocenters. The summed E-state index contributed by atoms with van der Waals surface area (Å²) in [6.45, 7) is -0.0495. The Morgan fingerprint density at radius 3 is 3.00 bits per heavy atom. The summed E-state index contributed by atoms with van der Waals surface area (Å²) >= 11 is 0. The molecule has 0 aromatic carbocycles. The molecular weight excluding hydrogens is 250 g/mol. The van der Waals surface area contributed by atoms with Crippen molar-refractivity contribution >= 4 is 17.0 Å². The van der Waals surface area contributed by atoms with Gasteiger partial charge in [0.1, 0.15) is 11.0 Å². The molecule has 0 bridgehead atoms. The fourth-order valence-electron chi connectivity index (χ4n) is 2.57. The molecular formula is C11H15N5O3. The highest BCUT2D eigenvalue weighted by Crippen LogP contribution is 2.30. The maximum Gasteiger partial charge on any atom is 0.276 e. The second-order valence-corrected chi connectivity index (χ2v) is 4.75. The van der Waals surface area contributed by atoms with Crippen molar-refractivity contribution in [3.05, 3.63) is 22.1 Å². The molecule has 0 amide bonds. The van der Waals surface area contributed by atoms with Crippen molar-refractivity contribution in [2.24, 2.45) is 0 Å². The van der Waals surface area contributed by atoms with Gasteiger partial charge in [0.25, 0.3) is 5.56 Å². The average Bonchev–Trinajstić information content (AvgIpc) is 2.92. The summed E-state index contributed by atoms with van der Waals surface area (Å²) in [5, 5.41) is 22.3. The number of nitrogen functional groups attached to an aromatic ring is 1. The molecule has 2 aromatic rings. The third kappa shape index (κ3) is 1.89. The van der Waals surface area contributed by atoms with Crippen LogP contribution in [0.5, 0.6) is 0 Å². The number of nitrogens with two attached hydrogens (primary N) is 1. The lowest BCUT2D eigenvalue weighted by Gasteiger charge is -2.14. The first-order chi connectivity index (χ1) is 9.10. The minimum Gasteiger partial charge on any atom is -0.395 e. The van der Waals surface area contributed by atoms with Crippen LogP contribution in [0.3, 0.4) is 0 Å². The molecule has 1 aliphatic heterocycles. The third-order valence-corrected chi connectivity index (χ3v) is 3.46. The fraction of sp³-hybridized carbons (Fsp3) is 0.455. The summed E-state index contributed by atoms with van der Waals surface area (Å²) < 4.78 is 0. The molecule has 0 saturated carbocycles. The van der Waals surface area contributed by atoms with E-state index in [0.717, 1.165) is 0 Å². The van der Waals surface area contributed by atoms with Gasteiger partial charge in [-0.05, 0) is 6.42 Å². The van der Waals surface area contributed by atoms with E-state index in [0.29, 0.717) is 23.0 Å². The number of aromatic nitrogens is 3. The highest BCUT2D eigenvalue weighted by molar-refractivity contribution is 5.79. The number of nitrogens with one attached hydrogen (secondary N) is 3. The van der Waals surface area contributed by atoms with E-state index in [1.807, 2.05) is 0 Å². The van der Waals surface area contributed by atoms with Crippen LogP contribution in [-0.4, -0.2) is 43.9 Å². The van der Waals surface area contributed by atoms with E-state index >= 15 is 0 Å².